The molecule has 0 radical (unpaired) electrons. The summed E-state index contributed by atoms with van der Waals surface area (Å²) in [4.78, 5) is 1.39. The molecule has 6 nitrogen and oxygen atoms in total. The molecular formula is C21H28NO5+. The number of quaternary nitrogens is 1. The Balaban J connectivity index is 2.18. The van der Waals surface area contributed by atoms with Crippen LogP contribution in [0.5, 0.6) is 28.7 Å². The monoisotopic (exact) mass is 374 g/mol. The van der Waals surface area contributed by atoms with Crippen molar-refractivity contribution in [1.82, 2.24) is 0 Å². The Morgan fingerprint density at radius 2 is 1.30 bits per heavy atom. The van der Waals surface area contributed by atoms with E-state index in [9.17, 15) is 0 Å². The van der Waals surface area contributed by atoms with E-state index in [0.29, 0.717) is 17.2 Å². The third kappa shape index (κ3) is 3.37. The van der Waals surface area contributed by atoms with E-state index in [0.717, 1.165) is 30.0 Å². The van der Waals surface area contributed by atoms with Crippen LogP contribution in [0.1, 0.15) is 22.7 Å². The van der Waals surface area contributed by atoms with E-state index in [2.05, 4.69) is 19.2 Å². The number of benzene rings is 2. The Kier molecular flexibility index (Phi) is 5.65. The van der Waals surface area contributed by atoms with Gasteiger partial charge in [0.15, 0.2) is 23.0 Å². The summed E-state index contributed by atoms with van der Waals surface area (Å²) in [6, 6.07) is 8.36. The summed E-state index contributed by atoms with van der Waals surface area (Å²) in [5.41, 5.74) is 3.61. The third-order valence-electron chi connectivity index (χ3n) is 5.26. The number of nitrogens with one attached hydrogen (secondary N) is 1. The maximum Gasteiger partial charge on any atom is 0.203 e. The van der Waals surface area contributed by atoms with Crippen molar-refractivity contribution in [3.63, 3.8) is 0 Å². The van der Waals surface area contributed by atoms with Crippen molar-refractivity contribution in [1.29, 1.82) is 0 Å². The number of likely N-dealkylation sites (N-methyl/N-ethyl adjacent to an activating group) is 1. The quantitative estimate of drug-likeness (QED) is 0.837. The van der Waals surface area contributed by atoms with Gasteiger partial charge in [-0.15, -0.1) is 0 Å². The summed E-state index contributed by atoms with van der Waals surface area (Å²) in [5, 5.41) is 0. The van der Waals surface area contributed by atoms with Gasteiger partial charge in [0.05, 0.1) is 49.1 Å². The Morgan fingerprint density at radius 1 is 0.741 bits per heavy atom. The maximum absolute atomic E-state index is 5.56. The highest BCUT2D eigenvalue weighted by Crippen LogP contribution is 2.42. The summed E-state index contributed by atoms with van der Waals surface area (Å²) in [5.74, 6) is 3.42. The molecule has 2 aromatic carbocycles. The largest absolute Gasteiger partial charge is 0.493 e. The maximum atomic E-state index is 5.56. The van der Waals surface area contributed by atoms with Gasteiger partial charge in [-0.1, -0.05) is 0 Å². The fourth-order valence-corrected chi connectivity index (χ4v) is 3.90. The van der Waals surface area contributed by atoms with Crippen LogP contribution in [0.25, 0.3) is 0 Å². The molecule has 6 heteroatoms. The van der Waals surface area contributed by atoms with Crippen molar-refractivity contribution in [2.45, 2.75) is 12.5 Å². The lowest BCUT2D eigenvalue weighted by molar-refractivity contribution is -0.908. The van der Waals surface area contributed by atoms with Crippen molar-refractivity contribution >= 4 is 0 Å². The van der Waals surface area contributed by atoms with Gasteiger partial charge in [0, 0.05) is 17.5 Å². The molecule has 0 bridgehead atoms. The zero-order valence-electron chi connectivity index (χ0n) is 16.8. The molecule has 0 spiro atoms. The highest BCUT2D eigenvalue weighted by molar-refractivity contribution is 5.57. The van der Waals surface area contributed by atoms with E-state index in [4.69, 9.17) is 23.7 Å². The van der Waals surface area contributed by atoms with Crippen LogP contribution < -0.4 is 28.6 Å². The van der Waals surface area contributed by atoms with Crippen molar-refractivity contribution in [3.05, 3.63) is 41.0 Å². The second-order valence-electron chi connectivity index (χ2n) is 6.64. The molecular weight excluding hydrogens is 346 g/mol. The lowest BCUT2D eigenvalue weighted by Gasteiger charge is -2.33. The van der Waals surface area contributed by atoms with E-state index >= 15 is 0 Å². The molecule has 27 heavy (non-hydrogen) atoms. The molecule has 1 aliphatic heterocycles. The van der Waals surface area contributed by atoms with E-state index in [1.54, 1.807) is 35.5 Å². The Labute approximate surface area is 160 Å². The second kappa shape index (κ2) is 7.96. The summed E-state index contributed by atoms with van der Waals surface area (Å²) < 4.78 is 27.6. The first-order valence-electron chi connectivity index (χ1n) is 8.94. The number of hydrogen-bond donors (Lipinski definition) is 1. The Morgan fingerprint density at radius 3 is 1.81 bits per heavy atom. The van der Waals surface area contributed by atoms with Crippen molar-refractivity contribution < 1.29 is 28.6 Å². The van der Waals surface area contributed by atoms with Gasteiger partial charge in [-0.05, 0) is 29.8 Å². The molecule has 1 N–H and O–H groups in total. The molecule has 0 fully saturated rings. The molecule has 1 aliphatic rings. The number of rotatable bonds is 6. The first-order chi connectivity index (χ1) is 13.1. The van der Waals surface area contributed by atoms with Gasteiger partial charge in [-0.25, -0.2) is 0 Å². The summed E-state index contributed by atoms with van der Waals surface area (Å²) in [6.07, 6.45) is 0.989. The van der Waals surface area contributed by atoms with E-state index in [1.165, 1.54) is 16.0 Å². The molecule has 0 amide bonds. The highest BCUT2D eigenvalue weighted by atomic mass is 16.5. The van der Waals surface area contributed by atoms with Gasteiger partial charge in [0.2, 0.25) is 5.75 Å². The van der Waals surface area contributed by atoms with Crippen LogP contribution in [0.2, 0.25) is 0 Å². The van der Waals surface area contributed by atoms with Gasteiger partial charge in [0.25, 0.3) is 0 Å². The molecule has 0 aliphatic carbocycles. The van der Waals surface area contributed by atoms with E-state index in [-0.39, 0.29) is 6.04 Å². The average molecular weight is 374 g/mol. The predicted molar refractivity (Wildman–Crippen MR) is 103 cm³/mol. The minimum Gasteiger partial charge on any atom is -0.493 e. The van der Waals surface area contributed by atoms with Crippen LogP contribution >= 0.6 is 0 Å². The van der Waals surface area contributed by atoms with Gasteiger partial charge in [0.1, 0.15) is 6.04 Å². The van der Waals surface area contributed by atoms with Gasteiger partial charge in [-0.3, -0.25) is 0 Å². The fraction of sp³-hybridized carbons (Fsp3) is 0.429. The minimum absolute atomic E-state index is 0.127. The van der Waals surface area contributed by atoms with Crippen LogP contribution in [0, 0.1) is 0 Å². The lowest BCUT2D eigenvalue weighted by atomic mass is 9.87. The van der Waals surface area contributed by atoms with Gasteiger partial charge < -0.3 is 28.6 Å². The zero-order chi connectivity index (χ0) is 19.6. The predicted octanol–water partition coefficient (Wildman–Crippen LogP) is 1.89. The van der Waals surface area contributed by atoms with Gasteiger partial charge >= 0.3 is 0 Å². The smallest absolute Gasteiger partial charge is 0.203 e. The minimum atomic E-state index is 0.127. The molecule has 146 valence electrons. The molecule has 1 unspecified atom stereocenters. The fourth-order valence-electron chi connectivity index (χ4n) is 3.90. The average Bonchev–Trinajstić information content (AvgIpc) is 2.71. The van der Waals surface area contributed by atoms with Crippen molar-refractivity contribution in [2.75, 3.05) is 49.1 Å². The topological polar surface area (TPSA) is 50.6 Å². The van der Waals surface area contributed by atoms with Crippen LogP contribution in [0.15, 0.2) is 24.3 Å². The molecule has 0 saturated heterocycles. The van der Waals surface area contributed by atoms with Crippen LogP contribution in [-0.2, 0) is 6.42 Å². The normalized spacial score (nSPS) is 18.4. The third-order valence-corrected chi connectivity index (χ3v) is 5.26. The SMILES string of the molecule is COc1cc2c(cc1OC)[C@H](c1cc(OC)c(OC)c(OC)c1)[NH+](C)CC2. The van der Waals surface area contributed by atoms with Crippen molar-refractivity contribution in [2.24, 2.45) is 0 Å². The summed E-state index contributed by atoms with van der Waals surface area (Å²) in [6.45, 7) is 1.02. The number of methoxy groups -OCH3 is 5. The molecule has 0 aromatic heterocycles. The number of hydrogen-bond acceptors (Lipinski definition) is 5. The molecule has 2 atom stereocenters. The first kappa shape index (κ1) is 19.2. The highest BCUT2D eigenvalue weighted by Gasteiger charge is 2.33. The lowest BCUT2D eigenvalue weighted by Crippen LogP contribution is -3.10. The first-order valence-corrected chi connectivity index (χ1v) is 8.94. The van der Waals surface area contributed by atoms with Crippen LogP contribution in [-0.4, -0.2) is 49.1 Å². The molecule has 0 saturated carbocycles. The zero-order valence-corrected chi connectivity index (χ0v) is 16.8. The summed E-state index contributed by atoms with van der Waals surface area (Å²) >= 11 is 0. The van der Waals surface area contributed by atoms with Gasteiger partial charge in [-0.2, -0.15) is 0 Å². The second-order valence-corrected chi connectivity index (χ2v) is 6.64. The number of fused-ring (bicyclic) bond motifs is 1. The Bertz CT molecular complexity index is 795. The summed E-state index contributed by atoms with van der Waals surface area (Å²) in [7, 11) is 10.4. The van der Waals surface area contributed by atoms with E-state index in [1.807, 2.05) is 12.1 Å². The van der Waals surface area contributed by atoms with Crippen LogP contribution in [0.3, 0.4) is 0 Å². The molecule has 3 rings (SSSR count). The Hall–Kier alpha value is -2.60. The van der Waals surface area contributed by atoms with Crippen LogP contribution in [0.4, 0.5) is 0 Å². The molecule has 1 heterocycles. The molecule has 2 aromatic rings. The number of ether oxygens (including phenoxy) is 5. The standard InChI is InChI=1S/C21H27NO5/c1-22-8-7-13-9-16(23-2)17(24-3)12-15(13)20(22)14-10-18(25-4)21(27-6)19(11-14)26-5/h9-12,20H,7-8H2,1-6H3/p+1/t20-/m0/s1. The van der Waals surface area contributed by atoms with Crippen molar-refractivity contribution in [3.8, 4) is 28.7 Å². The van der Waals surface area contributed by atoms with E-state index < -0.39 is 0 Å².